The summed E-state index contributed by atoms with van der Waals surface area (Å²) >= 11 is 0. The molecule has 4 aliphatic rings. The largest absolute Gasteiger partial charge is 0.372 e. The number of carbonyl (C=O) groups excluding carboxylic acids is 4. The van der Waals surface area contributed by atoms with E-state index >= 15 is 4.39 Å². The third-order valence-electron chi connectivity index (χ3n) is 12.6. The molecule has 2 aromatic heterocycles. The number of urea groups is 1. The van der Waals surface area contributed by atoms with Crippen molar-refractivity contribution in [2.24, 2.45) is 11.7 Å². The number of piperidine rings is 1. The molecule has 320 valence electrons. The van der Waals surface area contributed by atoms with Crippen LogP contribution >= 0.6 is 0 Å². The van der Waals surface area contributed by atoms with E-state index in [1.807, 2.05) is 31.2 Å². The summed E-state index contributed by atoms with van der Waals surface area (Å²) in [5.41, 5.74) is 12.3. The van der Waals surface area contributed by atoms with Gasteiger partial charge in [-0.3, -0.25) is 29.5 Å². The number of imide groups is 1. The Morgan fingerprint density at radius 1 is 0.823 bits per heavy atom. The molecular weight excluding hydrogens is 790 g/mol. The first kappa shape index (κ1) is 40.6. The Labute approximate surface area is 359 Å². The van der Waals surface area contributed by atoms with E-state index in [1.54, 1.807) is 21.7 Å². The van der Waals surface area contributed by atoms with Gasteiger partial charge in [0.2, 0.25) is 5.91 Å². The molecule has 5 amide bonds. The SMILES string of the molecule is Cc1cccc(NC(=O)c2ccc(-c3nn4c(c3C(N)=O)Nc3ccc(N5CCN(CC6CCN(c7ccc(N8CCC(=O)NC8=O)cc7)CC6)CC5)cc3CC4)c(F)c2C)n1. The lowest BCUT2D eigenvalue weighted by Crippen LogP contribution is -2.49. The van der Waals surface area contributed by atoms with E-state index in [0.29, 0.717) is 43.5 Å². The van der Waals surface area contributed by atoms with Crippen LogP contribution in [0.3, 0.4) is 0 Å². The van der Waals surface area contributed by atoms with Crippen LogP contribution in [-0.2, 0) is 17.8 Å². The zero-order chi connectivity index (χ0) is 43.1. The quantitative estimate of drug-likeness (QED) is 0.141. The lowest BCUT2D eigenvalue weighted by atomic mass is 9.95. The average Bonchev–Trinajstić information content (AvgIpc) is 3.52. The first-order chi connectivity index (χ1) is 30.0. The average molecular weight is 840 g/mol. The van der Waals surface area contributed by atoms with Crippen LogP contribution in [0, 0.1) is 25.6 Å². The Bertz CT molecular complexity index is 2560. The summed E-state index contributed by atoms with van der Waals surface area (Å²) < 4.78 is 17.8. The van der Waals surface area contributed by atoms with Crippen LogP contribution in [0.15, 0.2) is 72.8 Å². The van der Waals surface area contributed by atoms with Gasteiger partial charge in [0.25, 0.3) is 11.8 Å². The number of pyridine rings is 1. The molecule has 5 N–H and O–H groups in total. The minimum atomic E-state index is -0.738. The fraction of sp³-hybridized carbons (Fsp3) is 0.348. The zero-order valence-electron chi connectivity index (χ0n) is 34.9. The number of anilines is 6. The summed E-state index contributed by atoms with van der Waals surface area (Å²) in [5, 5.41) is 13.2. The highest BCUT2D eigenvalue weighted by atomic mass is 19.1. The van der Waals surface area contributed by atoms with Crippen LogP contribution in [0.4, 0.5) is 43.6 Å². The number of aromatic nitrogens is 3. The van der Waals surface area contributed by atoms with Crippen LogP contribution in [0.25, 0.3) is 11.3 Å². The summed E-state index contributed by atoms with van der Waals surface area (Å²) in [7, 11) is 0. The van der Waals surface area contributed by atoms with Crippen LogP contribution in [0.1, 0.15) is 56.8 Å². The third kappa shape index (κ3) is 8.17. The number of aryl methyl sites for hydroxylation is 3. The molecule has 16 heteroatoms. The minimum Gasteiger partial charge on any atom is -0.372 e. The number of rotatable bonds is 9. The number of amides is 5. The van der Waals surface area contributed by atoms with Crippen molar-refractivity contribution in [3.8, 4) is 11.3 Å². The first-order valence-corrected chi connectivity index (χ1v) is 21.3. The fourth-order valence-corrected chi connectivity index (χ4v) is 9.12. The van der Waals surface area contributed by atoms with Gasteiger partial charge < -0.3 is 26.2 Å². The lowest BCUT2D eigenvalue weighted by Gasteiger charge is -2.40. The molecule has 9 rings (SSSR count). The molecule has 6 heterocycles. The van der Waals surface area contributed by atoms with E-state index in [9.17, 15) is 19.2 Å². The van der Waals surface area contributed by atoms with Crippen molar-refractivity contribution >= 4 is 58.1 Å². The number of hydrogen-bond acceptors (Lipinski definition) is 10. The lowest BCUT2D eigenvalue weighted by molar-refractivity contribution is -0.120. The number of hydrogen-bond donors (Lipinski definition) is 4. The van der Waals surface area contributed by atoms with Crippen molar-refractivity contribution in [2.75, 3.05) is 77.7 Å². The van der Waals surface area contributed by atoms with Crippen LogP contribution < -0.4 is 36.4 Å². The summed E-state index contributed by atoms with van der Waals surface area (Å²) in [6.45, 7) is 11.1. The van der Waals surface area contributed by atoms with Gasteiger partial charge in [-0.15, -0.1) is 0 Å². The van der Waals surface area contributed by atoms with Gasteiger partial charge >= 0.3 is 6.03 Å². The van der Waals surface area contributed by atoms with E-state index in [1.165, 1.54) is 19.1 Å². The second-order valence-electron chi connectivity index (χ2n) is 16.6. The summed E-state index contributed by atoms with van der Waals surface area (Å²) in [6, 6.07) is 22.3. The van der Waals surface area contributed by atoms with Crippen molar-refractivity contribution in [2.45, 2.75) is 46.1 Å². The maximum Gasteiger partial charge on any atom is 0.328 e. The summed E-state index contributed by atoms with van der Waals surface area (Å²) in [6.07, 6.45) is 3.19. The molecule has 0 saturated carbocycles. The topological polar surface area (TPSA) is 174 Å². The second kappa shape index (κ2) is 16.9. The fourth-order valence-electron chi connectivity index (χ4n) is 9.12. The van der Waals surface area contributed by atoms with Gasteiger partial charge in [-0.2, -0.15) is 5.10 Å². The van der Waals surface area contributed by atoms with Crippen molar-refractivity contribution < 1.29 is 23.6 Å². The molecule has 62 heavy (non-hydrogen) atoms. The molecule has 0 spiro atoms. The zero-order valence-corrected chi connectivity index (χ0v) is 34.9. The number of carbonyl (C=O) groups is 4. The van der Waals surface area contributed by atoms with Gasteiger partial charge in [0.15, 0.2) is 0 Å². The minimum absolute atomic E-state index is 0.0818. The monoisotopic (exact) mass is 839 g/mol. The predicted octanol–water partition coefficient (Wildman–Crippen LogP) is 5.84. The van der Waals surface area contributed by atoms with E-state index in [4.69, 9.17) is 10.8 Å². The summed E-state index contributed by atoms with van der Waals surface area (Å²) in [5.74, 6) is -0.720. The Morgan fingerprint density at radius 3 is 2.27 bits per heavy atom. The van der Waals surface area contributed by atoms with Crippen molar-refractivity contribution in [1.29, 1.82) is 0 Å². The predicted molar refractivity (Wildman–Crippen MR) is 237 cm³/mol. The Hall–Kier alpha value is -6.81. The molecule has 5 aromatic rings. The maximum atomic E-state index is 16.1. The van der Waals surface area contributed by atoms with Crippen molar-refractivity contribution in [3.05, 3.63) is 107 Å². The van der Waals surface area contributed by atoms with E-state index in [0.717, 1.165) is 92.7 Å². The first-order valence-electron chi connectivity index (χ1n) is 21.3. The van der Waals surface area contributed by atoms with E-state index in [-0.39, 0.29) is 39.9 Å². The van der Waals surface area contributed by atoms with Crippen molar-refractivity contribution in [1.82, 2.24) is 25.0 Å². The number of halogens is 1. The maximum absolute atomic E-state index is 16.1. The Balaban J connectivity index is 0.802. The molecule has 15 nitrogen and oxygen atoms in total. The van der Waals surface area contributed by atoms with Gasteiger partial charge in [-0.05, 0) is 117 Å². The van der Waals surface area contributed by atoms with Crippen LogP contribution in [-0.4, -0.2) is 95.8 Å². The number of nitrogens with two attached hydrogens (primary N) is 1. The Kier molecular flexibility index (Phi) is 11.1. The number of primary amides is 1. The summed E-state index contributed by atoms with van der Waals surface area (Å²) in [4.78, 5) is 63.3. The molecule has 0 atom stereocenters. The molecule has 3 saturated heterocycles. The van der Waals surface area contributed by atoms with Crippen molar-refractivity contribution in [3.63, 3.8) is 0 Å². The highest BCUT2D eigenvalue weighted by Gasteiger charge is 2.30. The van der Waals surface area contributed by atoms with Gasteiger partial charge in [-0.1, -0.05) is 6.07 Å². The normalized spacial score (nSPS) is 17.2. The number of benzene rings is 3. The Morgan fingerprint density at radius 2 is 1.55 bits per heavy atom. The van der Waals surface area contributed by atoms with Gasteiger partial charge in [0.05, 0.1) is 0 Å². The molecule has 4 aliphatic heterocycles. The molecular formula is C46H50FN11O4. The third-order valence-corrected chi connectivity index (χ3v) is 12.6. The number of nitrogens with one attached hydrogen (secondary N) is 3. The number of piperazine rings is 1. The highest BCUT2D eigenvalue weighted by Crippen LogP contribution is 2.38. The van der Waals surface area contributed by atoms with Gasteiger partial charge in [0.1, 0.15) is 28.7 Å². The number of nitrogens with zero attached hydrogens (tertiary/aromatic N) is 7. The van der Waals surface area contributed by atoms with E-state index < -0.39 is 17.6 Å². The van der Waals surface area contributed by atoms with Crippen LogP contribution in [0.2, 0.25) is 0 Å². The molecule has 0 bridgehead atoms. The molecule has 3 fully saturated rings. The van der Waals surface area contributed by atoms with Crippen LogP contribution in [0.5, 0.6) is 0 Å². The standard InChI is InChI=1S/C46H50FN11O4/c1-28-4-3-5-38(49-28)51-45(61)35-11-12-36(41(47)29(35)2)42-40(43(48)60)44-50-37-13-10-34(26-31(37)16-21-58(44)53-42)56-24-22-54(23-25-56)27-30-14-18-55(19-15-30)32-6-8-33(9-7-32)57-20-17-39(59)52-46(57)62/h3-13,26,30,50H,14-25,27H2,1-2H3,(H2,48,60)(H,49,51,61)(H,52,59,62). The smallest absolute Gasteiger partial charge is 0.328 e. The molecule has 0 aliphatic carbocycles. The molecule has 0 unspecified atom stereocenters. The number of fused-ring (bicyclic) bond motifs is 2. The molecule has 0 radical (unpaired) electrons. The highest BCUT2D eigenvalue weighted by molar-refractivity contribution is 6.07. The molecule has 3 aromatic carbocycles. The van der Waals surface area contributed by atoms with E-state index in [2.05, 4.69) is 59.9 Å². The second-order valence-corrected chi connectivity index (χ2v) is 16.6. The van der Waals surface area contributed by atoms with Gasteiger partial charge in [0, 0.05) is 105 Å². The van der Waals surface area contributed by atoms with Gasteiger partial charge in [-0.25, -0.2) is 18.9 Å².